The molecular formula is C28H18ClF4N5O2S. The van der Waals surface area contributed by atoms with Gasteiger partial charge in [-0.05, 0) is 71.1 Å². The molecule has 0 bridgehead atoms. The second-order valence-corrected chi connectivity index (χ2v) is 10.5. The van der Waals surface area contributed by atoms with Gasteiger partial charge in [0.2, 0.25) is 0 Å². The van der Waals surface area contributed by atoms with Gasteiger partial charge in [-0.15, -0.1) is 16.4 Å². The molecular weight excluding hydrogens is 582 g/mol. The highest BCUT2D eigenvalue weighted by atomic mass is 35.5. The van der Waals surface area contributed by atoms with Crippen molar-refractivity contribution in [3.05, 3.63) is 122 Å². The highest BCUT2D eigenvalue weighted by Gasteiger charge is 2.51. The summed E-state index contributed by atoms with van der Waals surface area (Å²) in [6.45, 7) is 0.389. The van der Waals surface area contributed by atoms with Crippen molar-refractivity contribution in [2.75, 3.05) is 0 Å². The summed E-state index contributed by atoms with van der Waals surface area (Å²) >= 11 is 7.37. The number of aliphatic hydroxyl groups is 1. The number of hydrogen-bond acceptors (Lipinski definition) is 7. The van der Waals surface area contributed by atoms with Crippen LogP contribution in [0.5, 0.6) is 5.75 Å². The third-order valence-corrected chi connectivity index (χ3v) is 7.23. The molecule has 0 amide bonds. The number of alkyl halides is 2. The molecule has 0 aliphatic rings. The zero-order valence-corrected chi connectivity index (χ0v) is 22.3. The number of halogens is 5. The Kier molecular flexibility index (Phi) is 8.30. The van der Waals surface area contributed by atoms with Crippen molar-refractivity contribution in [1.82, 2.24) is 25.2 Å². The van der Waals surface area contributed by atoms with Crippen molar-refractivity contribution in [3.63, 3.8) is 0 Å². The number of thiophene rings is 1. The number of hydrogen-bond donors (Lipinski definition) is 1. The summed E-state index contributed by atoms with van der Waals surface area (Å²) in [6, 6.07) is 13.8. The fraction of sp³-hybridized carbons (Fsp3) is 0.143. The first kappa shape index (κ1) is 28.2. The van der Waals surface area contributed by atoms with E-state index in [1.165, 1.54) is 29.7 Å². The Bertz CT molecular complexity index is 1690. The predicted octanol–water partition coefficient (Wildman–Crippen LogP) is 5.78. The number of tetrazole rings is 1. The van der Waals surface area contributed by atoms with Crippen LogP contribution in [0.4, 0.5) is 17.6 Å². The number of pyridine rings is 1. The lowest BCUT2D eigenvalue weighted by Crippen LogP contribution is -2.45. The van der Waals surface area contributed by atoms with Crippen LogP contribution in [0.3, 0.4) is 0 Å². The average Bonchev–Trinajstić information content (AvgIpc) is 3.64. The third kappa shape index (κ3) is 6.22. The van der Waals surface area contributed by atoms with E-state index in [1.54, 1.807) is 30.3 Å². The quantitative estimate of drug-likeness (QED) is 0.180. The maximum atomic E-state index is 14.7. The summed E-state index contributed by atoms with van der Waals surface area (Å²) in [5, 5.41) is 21.8. The van der Waals surface area contributed by atoms with Crippen molar-refractivity contribution in [2.24, 2.45) is 0 Å². The zero-order valence-electron chi connectivity index (χ0n) is 20.8. The summed E-state index contributed by atoms with van der Waals surface area (Å²) in [5.74, 6) is 4.20. The van der Waals surface area contributed by atoms with Gasteiger partial charge in [-0.2, -0.15) is 0 Å². The first-order valence-electron chi connectivity index (χ1n) is 11.9. The third-order valence-electron chi connectivity index (χ3n) is 6.02. The van der Waals surface area contributed by atoms with Crippen molar-refractivity contribution >= 4 is 22.9 Å². The molecule has 5 rings (SSSR count). The highest BCUT2D eigenvalue weighted by Crippen LogP contribution is 2.43. The van der Waals surface area contributed by atoms with Crippen LogP contribution in [0.2, 0.25) is 4.34 Å². The smallest absolute Gasteiger partial charge is 0.273 e. The maximum absolute atomic E-state index is 14.7. The van der Waals surface area contributed by atoms with Gasteiger partial charge in [0.15, 0.2) is 5.60 Å². The summed E-state index contributed by atoms with van der Waals surface area (Å²) in [4.78, 5) is 5.19. The SMILES string of the molecule is OC(c1ccc(F)cc1F)(C(F)F)C(c1ccc(C#Cc2ccc(OCc3ccc(Cl)s3)cc2)cn1)n1cnnn1. The summed E-state index contributed by atoms with van der Waals surface area (Å²) < 4.78 is 64.4. The minimum Gasteiger partial charge on any atom is -0.488 e. The second kappa shape index (κ2) is 12.1. The average molecular weight is 600 g/mol. The Balaban J connectivity index is 1.38. The lowest BCUT2D eigenvalue weighted by atomic mass is 9.84. The molecule has 41 heavy (non-hydrogen) atoms. The number of aromatic nitrogens is 5. The van der Waals surface area contributed by atoms with Gasteiger partial charge < -0.3 is 9.84 Å². The molecule has 0 aliphatic heterocycles. The molecule has 0 fully saturated rings. The molecule has 2 unspecified atom stereocenters. The molecule has 13 heteroatoms. The molecule has 1 N–H and O–H groups in total. The van der Waals surface area contributed by atoms with E-state index in [4.69, 9.17) is 16.3 Å². The Hall–Kier alpha value is -4.31. The van der Waals surface area contributed by atoms with Gasteiger partial charge >= 0.3 is 0 Å². The maximum Gasteiger partial charge on any atom is 0.273 e. The molecule has 5 aromatic rings. The van der Waals surface area contributed by atoms with E-state index in [-0.39, 0.29) is 5.69 Å². The lowest BCUT2D eigenvalue weighted by molar-refractivity contribution is -0.131. The highest BCUT2D eigenvalue weighted by molar-refractivity contribution is 7.16. The molecule has 0 aliphatic carbocycles. The van der Waals surface area contributed by atoms with Crippen LogP contribution in [0, 0.1) is 23.5 Å². The van der Waals surface area contributed by atoms with E-state index in [9.17, 15) is 22.7 Å². The van der Waals surface area contributed by atoms with E-state index in [2.05, 4.69) is 32.4 Å². The topological polar surface area (TPSA) is 86.0 Å². The predicted molar refractivity (Wildman–Crippen MR) is 143 cm³/mol. The van der Waals surface area contributed by atoms with Gasteiger partial charge in [0.1, 0.15) is 36.4 Å². The molecule has 7 nitrogen and oxygen atoms in total. The van der Waals surface area contributed by atoms with Crippen LogP contribution < -0.4 is 4.74 Å². The van der Waals surface area contributed by atoms with Crippen molar-refractivity contribution in [2.45, 2.75) is 24.7 Å². The minimum atomic E-state index is -3.53. The van der Waals surface area contributed by atoms with Crippen LogP contribution in [0.25, 0.3) is 0 Å². The van der Waals surface area contributed by atoms with Crippen molar-refractivity contribution in [1.29, 1.82) is 0 Å². The van der Waals surface area contributed by atoms with Gasteiger partial charge in [-0.1, -0.05) is 23.4 Å². The van der Waals surface area contributed by atoms with Crippen LogP contribution in [-0.4, -0.2) is 36.7 Å². The van der Waals surface area contributed by atoms with Gasteiger partial charge in [0.05, 0.1) is 10.0 Å². The van der Waals surface area contributed by atoms with Crippen LogP contribution in [0.15, 0.2) is 79.3 Å². The molecule has 208 valence electrons. The first-order valence-corrected chi connectivity index (χ1v) is 13.1. The number of ether oxygens (including phenoxy) is 1. The molecule has 2 aromatic carbocycles. The van der Waals surface area contributed by atoms with E-state index < -0.39 is 35.3 Å². The number of nitrogens with zero attached hydrogens (tertiary/aromatic N) is 5. The summed E-state index contributed by atoms with van der Waals surface area (Å²) in [5.41, 5.74) is -3.03. The Morgan fingerprint density at radius 1 is 1.00 bits per heavy atom. The largest absolute Gasteiger partial charge is 0.488 e. The standard InChI is InChI=1S/C28H18ClF4N5O2S/c29-25-12-9-21(41-25)15-40-20-7-3-17(4-8-20)1-2-18-5-11-24(34-14-18)26(38-16-35-36-37-38)28(39,27(32)33)22-10-6-19(30)13-23(22)31/h3-14,16,26-27,39H,15H2. The van der Waals surface area contributed by atoms with E-state index >= 15 is 0 Å². The fourth-order valence-electron chi connectivity index (χ4n) is 4.05. The van der Waals surface area contributed by atoms with E-state index in [0.717, 1.165) is 28.0 Å². The molecule has 2 atom stereocenters. The fourth-order valence-corrected chi connectivity index (χ4v) is 5.05. The first-order chi connectivity index (χ1) is 19.7. The molecule has 0 radical (unpaired) electrons. The minimum absolute atomic E-state index is 0.108. The van der Waals surface area contributed by atoms with Gasteiger partial charge in [-0.3, -0.25) is 4.98 Å². The monoisotopic (exact) mass is 599 g/mol. The van der Waals surface area contributed by atoms with Crippen LogP contribution in [-0.2, 0) is 12.2 Å². The summed E-state index contributed by atoms with van der Waals surface area (Å²) in [7, 11) is 0. The second-order valence-electron chi connectivity index (χ2n) is 8.68. The Labute approximate surface area is 240 Å². The number of rotatable bonds is 8. The van der Waals surface area contributed by atoms with Crippen molar-refractivity contribution < 1.29 is 27.4 Å². The van der Waals surface area contributed by atoms with Gasteiger partial charge in [-0.25, -0.2) is 22.2 Å². The lowest BCUT2D eigenvalue weighted by Gasteiger charge is -2.35. The molecule has 0 saturated carbocycles. The molecule has 0 saturated heterocycles. The Morgan fingerprint density at radius 3 is 2.37 bits per heavy atom. The van der Waals surface area contributed by atoms with Crippen LogP contribution in [0.1, 0.15) is 33.3 Å². The summed E-state index contributed by atoms with van der Waals surface area (Å²) in [6.07, 6.45) is -1.23. The number of benzene rings is 2. The van der Waals surface area contributed by atoms with Gasteiger partial charge in [0, 0.05) is 33.8 Å². The van der Waals surface area contributed by atoms with E-state index in [1.807, 2.05) is 6.07 Å². The molecule has 3 aromatic heterocycles. The normalized spacial score (nSPS) is 13.3. The molecule has 3 heterocycles. The van der Waals surface area contributed by atoms with Gasteiger partial charge in [0.25, 0.3) is 6.43 Å². The molecule has 0 spiro atoms. The van der Waals surface area contributed by atoms with Crippen LogP contribution >= 0.6 is 22.9 Å². The Morgan fingerprint density at radius 2 is 1.76 bits per heavy atom. The van der Waals surface area contributed by atoms with E-state index in [0.29, 0.717) is 33.9 Å². The van der Waals surface area contributed by atoms with Crippen molar-refractivity contribution in [3.8, 4) is 17.6 Å². The zero-order chi connectivity index (χ0) is 29.0.